The summed E-state index contributed by atoms with van der Waals surface area (Å²) in [4.78, 5) is 5.92. The highest BCUT2D eigenvalue weighted by molar-refractivity contribution is 7.11. The highest BCUT2D eigenvalue weighted by Gasteiger charge is 2.25. The maximum atomic E-state index is 5.19. The molecule has 0 aromatic carbocycles. The van der Waals surface area contributed by atoms with Crippen LogP contribution < -0.4 is 5.32 Å². The molecule has 4 nitrogen and oxygen atoms in total. The third-order valence-corrected chi connectivity index (χ3v) is 4.85. The molecular formula is C14H21N3OS. The van der Waals surface area contributed by atoms with Gasteiger partial charge in [-0.05, 0) is 41.5 Å². The topological polar surface area (TPSA) is 51.0 Å². The summed E-state index contributed by atoms with van der Waals surface area (Å²) in [7, 11) is 0. The SMILES string of the molecule is Cc1nc(C(C)(C)NCc2c(C)noc2C)sc1C. The predicted molar refractivity (Wildman–Crippen MR) is 77.4 cm³/mol. The minimum Gasteiger partial charge on any atom is -0.361 e. The van der Waals surface area contributed by atoms with Gasteiger partial charge in [0.25, 0.3) is 0 Å². The molecule has 0 aliphatic carbocycles. The molecule has 0 saturated heterocycles. The molecule has 104 valence electrons. The van der Waals surface area contributed by atoms with Crippen molar-refractivity contribution >= 4 is 11.3 Å². The van der Waals surface area contributed by atoms with Gasteiger partial charge in [-0.3, -0.25) is 0 Å². The van der Waals surface area contributed by atoms with Gasteiger partial charge in [0.15, 0.2) is 0 Å². The number of aromatic nitrogens is 2. The van der Waals surface area contributed by atoms with Gasteiger partial charge in [0.05, 0.1) is 16.9 Å². The van der Waals surface area contributed by atoms with Gasteiger partial charge in [-0.2, -0.15) is 0 Å². The zero-order chi connectivity index (χ0) is 14.2. The molecule has 0 unspecified atom stereocenters. The Balaban J connectivity index is 2.13. The first-order valence-corrected chi connectivity index (χ1v) is 7.24. The number of nitrogens with one attached hydrogen (secondary N) is 1. The van der Waals surface area contributed by atoms with Crippen molar-refractivity contribution in [3.05, 3.63) is 32.6 Å². The van der Waals surface area contributed by atoms with Crippen LogP contribution in [0.3, 0.4) is 0 Å². The minimum absolute atomic E-state index is 0.153. The summed E-state index contributed by atoms with van der Waals surface area (Å²) >= 11 is 1.75. The maximum absolute atomic E-state index is 5.19. The van der Waals surface area contributed by atoms with Gasteiger partial charge in [-0.15, -0.1) is 11.3 Å². The number of aryl methyl sites for hydroxylation is 4. The third-order valence-electron chi connectivity index (χ3n) is 3.45. The Hall–Kier alpha value is -1.20. The van der Waals surface area contributed by atoms with Crippen molar-refractivity contribution in [1.29, 1.82) is 0 Å². The Morgan fingerprint density at radius 2 is 1.84 bits per heavy atom. The molecule has 0 spiro atoms. The van der Waals surface area contributed by atoms with Gasteiger partial charge >= 0.3 is 0 Å². The number of thiazole rings is 1. The van der Waals surface area contributed by atoms with Crippen LogP contribution in [0.1, 0.15) is 46.4 Å². The van der Waals surface area contributed by atoms with Crippen molar-refractivity contribution < 1.29 is 4.52 Å². The highest BCUT2D eigenvalue weighted by Crippen LogP contribution is 2.27. The second kappa shape index (κ2) is 5.06. The molecule has 0 radical (unpaired) electrons. The van der Waals surface area contributed by atoms with Crippen LogP contribution in [0.5, 0.6) is 0 Å². The standard InChI is InChI=1S/C14H21N3OS/c1-8-11(4)19-13(16-8)14(5,6)15-7-12-9(2)17-18-10(12)3/h15H,7H2,1-6H3. The first-order chi connectivity index (χ1) is 8.81. The normalized spacial score (nSPS) is 12.1. The number of hydrogen-bond donors (Lipinski definition) is 1. The van der Waals surface area contributed by atoms with Crippen molar-refractivity contribution in [2.24, 2.45) is 0 Å². The number of hydrogen-bond acceptors (Lipinski definition) is 5. The minimum atomic E-state index is -0.153. The zero-order valence-corrected chi connectivity index (χ0v) is 13.2. The van der Waals surface area contributed by atoms with E-state index in [-0.39, 0.29) is 5.54 Å². The number of nitrogens with zero attached hydrogens (tertiary/aromatic N) is 2. The van der Waals surface area contributed by atoms with Crippen LogP contribution >= 0.6 is 11.3 Å². The molecule has 0 saturated carbocycles. The molecule has 2 heterocycles. The highest BCUT2D eigenvalue weighted by atomic mass is 32.1. The molecule has 1 N–H and O–H groups in total. The van der Waals surface area contributed by atoms with E-state index in [0.29, 0.717) is 0 Å². The lowest BCUT2D eigenvalue weighted by molar-refractivity contribution is 0.383. The predicted octanol–water partition coefficient (Wildman–Crippen LogP) is 3.39. The summed E-state index contributed by atoms with van der Waals surface area (Å²) in [5, 5.41) is 8.65. The van der Waals surface area contributed by atoms with E-state index < -0.39 is 0 Å². The molecule has 0 aliphatic rings. The Morgan fingerprint density at radius 1 is 1.16 bits per heavy atom. The van der Waals surface area contributed by atoms with Crippen LogP contribution in [0.4, 0.5) is 0 Å². The average Bonchev–Trinajstić information content (AvgIpc) is 2.82. The lowest BCUT2D eigenvalue weighted by Crippen LogP contribution is -2.36. The van der Waals surface area contributed by atoms with Crippen LogP contribution in [0.2, 0.25) is 0 Å². The lowest BCUT2D eigenvalue weighted by Gasteiger charge is -2.23. The summed E-state index contributed by atoms with van der Waals surface area (Å²) in [5.41, 5.74) is 3.05. The van der Waals surface area contributed by atoms with Crippen LogP contribution in [0, 0.1) is 27.7 Å². The molecule has 0 aliphatic heterocycles. The average molecular weight is 279 g/mol. The van der Waals surface area contributed by atoms with E-state index in [1.165, 1.54) is 4.88 Å². The Kier molecular flexibility index (Phi) is 3.78. The summed E-state index contributed by atoms with van der Waals surface area (Å²) in [6.45, 7) is 13.1. The van der Waals surface area contributed by atoms with Crippen molar-refractivity contribution in [1.82, 2.24) is 15.5 Å². The van der Waals surface area contributed by atoms with Crippen molar-refractivity contribution in [3.8, 4) is 0 Å². The van der Waals surface area contributed by atoms with Gasteiger partial charge in [-0.25, -0.2) is 4.98 Å². The van der Waals surface area contributed by atoms with Gasteiger partial charge in [0.2, 0.25) is 0 Å². The fourth-order valence-corrected chi connectivity index (χ4v) is 2.87. The monoisotopic (exact) mass is 279 g/mol. The molecule has 2 aromatic rings. The Labute approximate surface area is 118 Å². The third kappa shape index (κ3) is 2.87. The first kappa shape index (κ1) is 14.2. The molecule has 0 fully saturated rings. The summed E-state index contributed by atoms with van der Waals surface area (Å²) < 4.78 is 5.19. The van der Waals surface area contributed by atoms with Crippen LogP contribution in [0.15, 0.2) is 4.52 Å². The quantitative estimate of drug-likeness (QED) is 0.932. The number of rotatable bonds is 4. The maximum Gasteiger partial charge on any atom is 0.138 e. The molecule has 19 heavy (non-hydrogen) atoms. The van der Waals surface area contributed by atoms with Crippen LogP contribution in [0.25, 0.3) is 0 Å². The fraction of sp³-hybridized carbons (Fsp3) is 0.571. The van der Waals surface area contributed by atoms with E-state index in [2.05, 4.69) is 43.2 Å². The molecule has 0 bridgehead atoms. The largest absolute Gasteiger partial charge is 0.361 e. The Bertz CT molecular complexity index is 545. The second-order valence-corrected chi connectivity index (χ2v) is 6.65. The molecule has 2 aromatic heterocycles. The van der Waals surface area contributed by atoms with Gasteiger partial charge < -0.3 is 9.84 Å². The van der Waals surface area contributed by atoms with Crippen LogP contribution in [-0.4, -0.2) is 10.1 Å². The molecule has 5 heteroatoms. The fourth-order valence-electron chi connectivity index (χ4n) is 1.88. The first-order valence-electron chi connectivity index (χ1n) is 6.42. The van der Waals surface area contributed by atoms with E-state index in [4.69, 9.17) is 4.52 Å². The lowest BCUT2D eigenvalue weighted by atomic mass is 10.1. The second-order valence-electron chi connectivity index (χ2n) is 5.44. The van der Waals surface area contributed by atoms with Crippen molar-refractivity contribution in [3.63, 3.8) is 0 Å². The summed E-state index contributed by atoms with van der Waals surface area (Å²) in [6.07, 6.45) is 0. The summed E-state index contributed by atoms with van der Waals surface area (Å²) in [6, 6.07) is 0. The zero-order valence-electron chi connectivity index (χ0n) is 12.4. The van der Waals surface area contributed by atoms with E-state index >= 15 is 0 Å². The van der Waals surface area contributed by atoms with Crippen LogP contribution in [-0.2, 0) is 12.1 Å². The van der Waals surface area contributed by atoms with E-state index in [1.54, 1.807) is 11.3 Å². The Morgan fingerprint density at radius 3 is 2.32 bits per heavy atom. The van der Waals surface area contributed by atoms with E-state index in [0.717, 1.165) is 34.3 Å². The molecule has 0 amide bonds. The van der Waals surface area contributed by atoms with Gasteiger partial charge in [0.1, 0.15) is 10.8 Å². The van der Waals surface area contributed by atoms with E-state index in [9.17, 15) is 0 Å². The molecule has 2 rings (SSSR count). The van der Waals surface area contributed by atoms with Gasteiger partial charge in [-0.1, -0.05) is 5.16 Å². The molecule has 0 atom stereocenters. The van der Waals surface area contributed by atoms with Gasteiger partial charge in [0, 0.05) is 17.0 Å². The summed E-state index contributed by atoms with van der Waals surface area (Å²) in [5.74, 6) is 0.882. The van der Waals surface area contributed by atoms with E-state index in [1.807, 2.05) is 13.8 Å². The smallest absolute Gasteiger partial charge is 0.138 e. The van der Waals surface area contributed by atoms with Crippen molar-refractivity contribution in [2.75, 3.05) is 0 Å². The van der Waals surface area contributed by atoms with Crippen molar-refractivity contribution in [2.45, 2.75) is 53.6 Å². The molecular weight excluding hydrogens is 258 g/mol.